The number of rotatable bonds is 4. The summed E-state index contributed by atoms with van der Waals surface area (Å²) in [5.74, 6) is -1.83. The lowest BCUT2D eigenvalue weighted by Gasteiger charge is -2.39. The molecule has 0 aromatic heterocycles. The third kappa shape index (κ3) is 3.76. The lowest BCUT2D eigenvalue weighted by molar-refractivity contribution is -0.147. The summed E-state index contributed by atoms with van der Waals surface area (Å²) in [5, 5.41) is 39.0. The van der Waals surface area contributed by atoms with E-state index in [0.717, 1.165) is 6.07 Å². The predicted molar refractivity (Wildman–Crippen MR) is 101 cm³/mol. The Morgan fingerprint density at radius 3 is 2.76 bits per heavy atom. The van der Waals surface area contributed by atoms with E-state index in [1.807, 2.05) is 0 Å². The minimum Gasteiger partial charge on any atom is -0.508 e. The van der Waals surface area contributed by atoms with Crippen LogP contribution in [0.15, 0.2) is 47.3 Å². The van der Waals surface area contributed by atoms with Crippen molar-refractivity contribution in [2.24, 2.45) is 0 Å². The zero-order valence-corrected chi connectivity index (χ0v) is 16.0. The lowest BCUT2D eigenvalue weighted by atomic mass is 9.77. The van der Waals surface area contributed by atoms with Gasteiger partial charge in [0.2, 0.25) is 5.78 Å². The number of aliphatic hydroxyl groups is 2. The molecule has 1 aliphatic heterocycles. The van der Waals surface area contributed by atoms with Crippen LogP contribution in [0.3, 0.4) is 0 Å². The van der Waals surface area contributed by atoms with Crippen molar-refractivity contribution in [2.45, 2.75) is 32.0 Å². The highest BCUT2D eigenvalue weighted by Crippen LogP contribution is 2.38. The van der Waals surface area contributed by atoms with Gasteiger partial charge in [0.15, 0.2) is 5.60 Å². The van der Waals surface area contributed by atoms with Gasteiger partial charge in [-0.15, -0.1) is 0 Å². The highest BCUT2D eigenvalue weighted by atomic mass is 16.6. The van der Waals surface area contributed by atoms with E-state index >= 15 is 0 Å². The van der Waals surface area contributed by atoms with Crippen molar-refractivity contribution in [1.82, 2.24) is 0 Å². The largest absolute Gasteiger partial charge is 0.508 e. The number of ether oxygens (including phenoxy) is 2. The molecule has 0 amide bonds. The number of phenols is 2. The molecule has 29 heavy (non-hydrogen) atoms. The Morgan fingerprint density at radius 2 is 2.10 bits per heavy atom. The van der Waals surface area contributed by atoms with Gasteiger partial charge in [0.1, 0.15) is 35.5 Å². The maximum Gasteiger partial charge on any atom is 0.343 e. The Balaban J connectivity index is 1.91. The average molecular weight is 402 g/mol. The van der Waals surface area contributed by atoms with E-state index in [4.69, 9.17) is 14.6 Å². The Morgan fingerprint density at radius 1 is 1.38 bits per heavy atom. The molecule has 0 unspecified atom stereocenters. The predicted octanol–water partition coefficient (Wildman–Crippen LogP) is 1.41. The van der Waals surface area contributed by atoms with Gasteiger partial charge in [-0.1, -0.05) is 6.08 Å². The second-order valence-corrected chi connectivity index (χ2v) is 7.13. The van der Waals surface area contributed by atoms with Crippen molar-refractivity contribution in [3.8, 4) is 11.5 Å². The summed E-state index contributed by atoms with van der Waals surface area (Å²) in [6.45, 7) is 2.60. The van der Waals surface area contributed by atoms with Gasteiger partial charge in [-0.25, -0.2) is 4.79 Å². The molecule has 0 spiro atoms. The summed E-state index contributed by atoms with van der Waals surface area (Å²) in [4.78, 5) is 25.7. The Hall–Kier alpha value is -3.10. The minimum absolute atomic E-state index is 0.0564. The second kappa shape index (κ2) is 7.73. The number of allylic oxidation sites excluding steroid dienone is 2. The molecule has 154 valence electrons. The second-order valence-electron chi connectivity index (χ2n) is 7.13. The quantitative estimate of drug-likeness (QED) is 0.556. The van der Waals surface area contributed by atoms with Crippen LogP contribution < -0.4 is 0 Å². The maximum absolute atomic E-state index is 13.0. The van der Waals surface area contributed by atoms with Crippen molar-refractivity contribution >= 4 is 11.8 Å². The SMILES string of the molecule is Cc1cc(O)cc(O)c1C(=O)O[C@@]1(C)C(=O)C2=C(C=C(/C=C/CO)OC2)C[C@H]1O. The van der Waals surface area contributed by atoms with Gasteiger partial charge in [-0.2, -0.15) is 0 Å². The zero-order valence-electron chi connectivity index (χ0n) is 16.0. The molecule has 8 nitrogen and oxygen atoms in total. The lowest BCUT2D eigenvalue weighted by Crippen LogP contribution is -2.54. The van der Waals surface area contributed by atoms with E-state index < -0.39 is 29.2 Å². The number of Topliss-reactive ketones (excluding diaryl/α,β-unsaturated/α-hetero) is 1. The molecule has 3 rings (SSSR count). The molecular weight excluding hydrogens is 380 g/mol. The molecule has 1 aromatic rings. The molecule has 1 heterocycles. The number of aromatic hydroxyl groups is 2. The summed E-state index contributed by atoms with van der Waals surface area (Å²) in [6.07, 6.45) is 3.39. The molecule has 0 fully saturated rings. The van der Waals surface area contributed by atoms with Crippen LogP contribution >= 0.6 is 0 Å². The van der Waals surface area contributed by atoms with Crippen LogP contribution in [0.1, 0.15) is 29.3 Å². The molecule has 1 aromatic carbocycles. The fourth-order valence-corrected chi connectivity index (χ4v) is 3.43. The Kier molecular flexibility index (Phi) is 5.50. The first kappa shape index (κ1) is 20.6. The molecule has 1 aliphatic carbocycles. The Labute approximate surface area is 167 Å². The molecule has 2 aliphatic rings. The van der Waals surface area contributed by atoms with E-state index in [-0.39, 0.29) is 36.5 Å². The molecule has 4 N–H and O–H groups in total. The van der Waals surface area contributed by atoms with Crippen molar-refractivity contribution < 1.29 is 39.5 Å². The summed E-state index contributed by atoms with van der Waals surface area (Å²) >= 11 is 0. The van der Waals surface area contributed by atoms with E-state index in [2.05, 4.69) is 0 Å². The van der Waals surface area contributed by atoms with Crippen molar-refractivity contribution in [3.05, 3.63) is 58.4 Å². The van der Waals surface area contributed by atoms with Gasteiger partial charge in [-0.3, -0.25) is 4.79 Å². The number of hydrogen-bond donors (Lipinski definition) is 4. The van der Waals surface area contributed by atoms with Gasteiger partial charge in [0.05, 0.1) is 6.61 Å². The normalized spacial score (nSPS) is 24.2. The number of hydrogen-bond acceptors (Lipinski definition) is 8. The van der Waals surface area contributed by atoms with Crippen LogP contribution in [0.4, 0.5) is 0 Å². The van der Waals surface area contributed by atoms with Crippen molar-refractivity contribution in [1.29, 1.82) is 0 Å². The number of carbonyl (C=O) groups is 2. The van der Waals surface area contributed by atoms with Crippen LogP contribution in [-0.2, 0) is 14.3 Å². The molecule has 0 saturated heterocycles. The van der Waals surface area contributed by atoms with Gasteiger partial charge < -0.3 is 29.9 Å². The molecule has 2 atom stereocenters. The van der Waals surface area contributed by atoms with Crippen LogP contribution in [0.5, 0.6) is 11.5 Å². The zero-order chi connectivity index (χ0) is 21.3. The van der Waals surface area contributed by atoms with Gasteiger partial charge in [-0.05, 0) is 43.2 Å². The molecule has 0 bridgehead atoms. The third-order valence-electron chi connectivity index (χ3n) is 5.06. The van der Waals surface area contributed by atoms with Crippen LogP contribution in [-0.4, -0.2) is 57.1 Å². The van der Waals surface area contributed by atoms with Gasteiger partial charge in [0, 0.05) is 18.1 Å². The van der Waals surface area contributed by atoms with Crippen LogP contribution in [0.2, 0.25) is 0 Å². The van der Waals surface area contributed by atoms with Crippen molar-refractivity contribution in [2.75, 3.05) is 13.2 Å². The van der Waals surface area contributed by atoms with E-state index in [9.17, 15) is 24.9 Å². The van der Waals surface area contributed by atoms with Crippen LogP contribution in [0, 0.1) is 6.92 Å². The standard InChI is InChI=1S/C21H22O8/c1-11-6-13(23)9-16(24)18(11)20(27)29-21(2)17(25)8-12-7-14(4-3-5-22)28-10-15(12)19(21)26/h3-4,6-7,9,17,22-25H,5,8,10H2,1-2H3/b4-3+/t17-,21-/m1/s1. The summed E-state index contributed by atoms with van der Waals surface area (Å²) < 4.78 is 10.9. The molecule has 0 radical (unpaired) electrons. The van der Waals surface area contributed by atoms with E-state index in [1.54, 1.807) is 12.2 Å². The molecule has 0 saturated carbocycles. The van der Waals surface area contributed by atoms with Gasteiger partial charge in [0.25, 0.3) is 0 Å². The summed E-state index contributed by atoms with van der Waals surface area (Å²) in [7, 11) is 0. The summed E-state index contributed by atoms with van der Waals surface area (Å²) in [5.41, 5.74) is -0.928. The monoisotopic (exact) mass is 402 g/mol. The first-order chi connectivity index (χ1) is 13.7. The number of benzene rings is 1. The first-order valence-corrected chi connectivity index (χ1v) is 9.00. The number of aryl methyl sites for hydroxylation is 1. The first-order valence-electron chi connectivity index (χ1n) is 9.00. The number of aliphatic hydroxyl groups excluding tert-OH is 2. The van der Waals surface area contributed by atoms with E-state index in [0.29, 0.717) is 16.9 Å². The highest BCUT2D eigenvalue weighted by molar-refractivity contribution is 6.07. The topological polar surface area (TPSA) is 134 Å². The fraction of sp³-hybridized carbons (Fsp3) is 0.333. The Bertz CT molecular complexity index is 932. The minimum atomic E-state index is -1.86. The van der Waals surface area contributed by atoms with E-state index in [1.165, 1.54) is 26.0 Å². The number of ketones is 1. The fourth-order valence-electron chi connectivity index (χ4n) is 3.43. The van der Waals surface area contributed by atoms with Crippen molar-refractivity contribution in [3.63, 3.8) is 0 Å². The average Bonchev–Trinajstić information content (AvgIpc) is 2.64. The number of carbonyl (C=O) groups excluding carboxylic acids is 2. The third-order valence-corrected chi connectivity index (χ3v) is 5.06. The number of esters is 1. The van der Waals surface area contributed by atoms with Gasteiger partial charge >= 0.3 is 5.97 Å². The smallest absolute Gasteiger partial charge is 0.343 e. The maximum atomic E-state index is 13.0. The van der Waals surface area contributed by atoms with Crippen LogP contribution in [0.25, 0.3) is 0 Å². The summed E-state index contributed by atoms with van der Waals surface area (Å²) in [6, 6.07) is 2.27. The molecular formula is C21H22O8. The molecule has 8 heteroatoms. The number of phenolic OH excluding ortho intramolecular Hbond substituents is 2. The highest BCUT2D eigenvalue weighted by Gasteiger charge is 2.50.